The minimum absolute atomic E-state index is 0.0435. The van der Waals surface area contributed by atoms with Crippen LogP contribution in [0.4, 0.5) is 0 Å². The van der Waals surface area contributed by atoms with Crippen molar-refractivity contribution in [2.45, 2.75) is 63.4 Å². The fraction of sp³-hybridized carbons (Fsp3) is 0.438. The molecule has 0 bridgehead atoms. The van der Waals surface area contributed by atoms with E-state index < -0.39 is 9.84 Å². The second kappa shape index (κ2) is 14.1. The summed E-state index contributed by atoms with van der Waals surface area (Å²) in [4.78, 5) is 42.7. The molecule has 1 fully saturated rings. The van der Waals surface area contributed by atoms with E-state index >= 15 is 0 Å². The zero-order valence-electron chi connectivity index (χ0n) is 25.3. The molecular weight excluding hydrogens is 566 g/mol. The number of hydrogen-bond acceptors (Lipinski definition) is 7. The number of rotatable bonds is 12. The molecule has 0 saturated carbocycles. The maximum Gasteiger partial charge on any atom is 0.270 e. The first kappa shape index (κ1) is 32.1. The van der Waals surface area contributed by atoms with Crippen LogP contribution in [0.15, 0.2) is 59.5 Å². The summed E-state index contributed by atoms with van der Waals surface area (Å²) in [7, 11) is -3.28. The van der Waals surface area contributed by atoms with Crippen LogP contribution in [0.3, 0.4) is 0 Å². The first-order valence-corrected chi connectivity index (χ1v) is 16.6. The van der Waals surface area contributed by atoms with Gasteiger partial charge in [-0.25, -0.2) is 8.42 Å². The van der Waals surface area contributed by atoms with Gasteiger partial charge in [-0.15, -0.1) is 0 Å². The topological polar surface area (TPSA) is 133 Å². The normalized spacial score (nSPS) is 15.2. The highest BCUT2D eigenvalue weighted by molar-refractivity contribution is 7.90. The van der Waals surface area contributed by atoms with Crippen LogP contribution in [0.25, 0.3) is 0 Å². The van der Waals surface area contributed by atoms with Crippen molar-refractivity contribution in [2.24, 2.45) is 0 Å². The summed E-state index contributed by atoms with van der Waals surface area (Å²) >= 11 is 0. The highest BCUT2D eigenvalue weighted by Crippen LogP contribution is 2.23. The van der Waals surface area contributed by atoms with Crippen LogP contribution in [0.2, 0.25) is 0 Å². The van der Waals surface area contributed by atoms with Crippen LogP contribution >= 0.6 is 0 Å². The van der Waals surface area contributed by atoms with Crippen molar-refractivity contribution < 1.29 is 22.8 Å². The second-order valence-electron chi connectivity index (χ2n) is 11.2. The lowest BCUT2D eigenvalue weighted by atomic mass is 9.99. The van der Waals surface area contributed by atoms with Crippen LogP contribution < -0.4 is 5.32 Å². The number of carbonyl (C=O) groups is 3. The van der Waals surface area contributed by atoms with Gasteiger partial charge in [0.25, 0.3) is 5.91 Å². The number of benzene rings is 2. The molecule has 230 valence electrons. The first-order valence-electron chi connectivity index (χ1n) is 14.7. The Morgan fingerprint density at radius 2 is 1.72 bits per heavy atom. The number of carbonyl (C=O) groups excluding carboxylic acids is 3. The molecule has 10 nitrogen and oxygen atoms in total. The predicted molar refractivity (Wildman–Crippen MR) is 165 cm³/mol. The maximum absolute atomic E-state index is 13.2. The molecule has 1 saturated heterocycles. The molecule has 1 aliphatic rings. The molecule has 43 heavy (non-hydrogen) atoms. The molecule has 1 atom stereocenters. The number of likely N-dealkylation sites (tertiary alicyclic amines) is 1. The van der Waals surface area contributed by atoms with Gasteiger partial charge in [0, 0.05) is 51.0 Å². The van der Waals surface area contributed by atoms with Gasteiger partial charge >= 0.3 is 0 Å². The van der Waals surface area contributed by atoms with Crippen LogP contribution in [-0.2, 0) is 21.1 Å². The molecule has 0 aliphatic carbocycles. The lowest BCUT2D eigenvalue weighted by Gasteiger charge is -2.38. The molecule has 1 aromatic heterocycles. The number of amides is 2. The number of nitrogens with one attached hydrogen (secondary N) is 2. The molecule has 3 aromatic rings. The van der Waals surface area contributed by atoms with E-state index in [9.17, 15) is 22.8 Å². The summed E-state index contributed by atoms with van der Waals surface area (Å²) in [5.74, 6) is -0.447. The Hall–Kier alpha value is -3.83. The Bertz CT molecular complexity index is 1530. The van der Waals surface area contributed by atoms with Gasteiger partial charge in [-0.3, -0.25) is 19.5 Å². The van der Waals surface area contributed by atoms with Gasteiger partial charge in [-0.05, 0) is 56.4 Å². The Morgan fingerprint density at radius 1 is 1.07 bits per heavy atom. The molecule has 2 N–H and O–H groups in total. The van der Waals surface area contributed by atoms with Crippen LogP contribution in [0, 0.1) is 6.92 Å². The van der Waals surface area contributed by atoms with E-state index in [0.29, 0.717) is 24.2 Å². The van der Waals surface area contributed by atoms with Gasteiger partial charge in [0.1, 0.15) is 11.4 Å². The Kier molecular flexibility index (Phi) is 10.5. The molecule has 0 unspecified atom stereocenters. The van der Waals surface area contributed by atoms with Crippen LogP contribution in [0.5, 0.6) is 0 Å². The van der Waals surface area contributed by atoms with Crippen molar-refractivity contribution in [1.29, 1.82) is 0 Å². The largest absolute Gasteiger partial charge is 0.344 e. The smallest absolute Gasteiger partial charge is 0.270 e. The third-order valence-corrected chi connectivity index (χ3v) is 9.31. The average molecular weight is 608 g/mol. The number of aromatic nitrogens is 2. The summed E-state index contributed by atoms with van der Waals surface area (Å²) < 4.78 is 23.5. The number of Topliss-reactive ketones (excluding diaryl/α,β-unsaturated/α-hetero) is 1. The lowest BCUT2D eigenvalue weighted by molar-refractivity contribution is -0.133. The Morgan fingerprint density at radius 3 is 2.28 bits per heavy atom. The molecule has 2 heterocycles. The molecule has 2 amide bonds. The van der Waals surface area contributed by atoms with Crippen LogP contribution in [-0.4, -0.2) is 84.5 Å². The monoisotopic (exact) mass is 607 g/mol. The number of aromatic amines is 1. The Labute approximate surface area is 253 Å². The van der Waals surface area contributed by atoms with Gasteiger partial charge in [-0.2, -0.15) is 5.10 Å². The number of nitrogens with zero attached hydrogens (tertiary/aromatic N) is 3. The second-order valence-corrected chi connectivity index (χ2v) is 13.2. The number of sulfone groups is 1. The fourth-order valence-electron chi connectivity index (χ4n) is 5.73. The summed E-state index contributed by atoms with van der Waals surface area (Å²) in [6, 6.07) is 16.3. The number of ketones is 1. The molecule has 1 aliphatic heterocycles. The highest BCUT2D eigenvalue weighted by atomic mass is 32.2. The van der Waals surface area contributed by atoms with E-state index in [1.807, 2.05) is 42.2 Å². The fourth-order valence-corrected chi connectivity index (χ4v) is 6.37. The van der Waals surface area contributed by atoms with Gasteiger partial charge in [-0.1, -0.05) is 42.5 Å². The highest BCUT2D eigenvalue weighted by Gasteiger charge is 2.28. The molecule has 2 aromatic carbocycles. The van der Waals surface area contributed by atoms with Crippen molar-refractivity contribution in [3.05, 3.63) is 82.7 Å². The summed E-state index contributed by atoms with van der Waals surface area (Å²) in [5, 5.41) is 9.87. The van der Waals surface area contributed by atoms with Crippen LogP contribution in [0.1, 0.15) is 76.8 Å². The molecule has 4 rings (SSSR count). The van der Waals surface area contributed by atoms with Gasteiger partial charge < -0.3 is 15.1 Å². The molecule has 0 spiro atoms. The maximum atomic E-state index is 13.2. The number of hydrogen-bond donors (Lipinski definition) is 2. The van der Waals surface area contributed by atoms with Gasteiger partial charge in [0.05, 0.1) is 17.4 Å². The van der Waals surface area contributed by atoms with Crippen molar-refractivity contribution >= 4 is 27.4 Å². The Balaban J connectivity index is 1.33. The standard InChI is InChI=1S/C32H41N5O5S/c1-5-37(29(39)21-24-11-13-27(14-12-24)43(4,41)42)26-15-18-36(19-16-26)20-17-28(25-9-7-6-8-10-25)33-32(40)31-22(2)30(23(3)38)34-35-31/h6-14,26,28H,5,15-21H2,1-4H3,(H,33,40)(H,34,35)/t28-/m0/s1. The molecule has 0 radical (unpaired) electrons. The first-order chi connectivity index (χ1) is 20.5. The van der Waals surface area contributed by atoms with E-state index in [1.165, 1.54) is 13.2 Å². The number of piperidine rings is 1. The zero-order valence-corrected chi connectivity index (χ0v) is 26.1. The minimum Gasteiger partial charge on any atom is -0.344 e. The van der Waals surface area contributed by atoms with Crippen molar-refractivity contribution in [1.82, 2.24) is 25.3 Å². The summed E-state index contributed by atoms with van der Waals surface area (Å²) in [5.41, 5.74) is 2.91. The van der Waals surface area contributed by atoms with Gasteiger partial charge in [0.2, 0.25) is 5.91 Å². The molecular formula is C32H41N5O5S. The third-order valence-electron chi connectivity index (χ3n) is 8.18. The van der Waals surface area contributed by atoms with Crippen molar-refractivity contribution in [3.8, 4) is 0 Å². The SMILES string of the molecule is CCN(C(=O)Cc1ccc(S(C)(=O)=O)cc1)C1CCN(CC[C@H](NC(=O)c2[nH]nc(C(C)=O)c2C)c2ccccc2)CC1. The van der Waals surface area contributed by atoms with E-state index in [1.54, 1.807) is 31.2 Å². The van der Waals surface area contributed by atoms with Crippen molar-refractivity contribution in [3.63, 3.8) is 0 Å². The summed E-state index contributed by atoms with van der Waals surface area (Å²) in [6.45, 7) is 8.22. The molecule has 11 heteroatoms. The van der Waals surface area contributed by atoms with Gasteiger partial charge in [0.15, 0.2) is 15.6 Å². The number of likely N-dealkylation sites (N-methyl/N-ethyl adjacent to an activating group) is 1. The predicted octanol–water partition coefficient (Wildman–Crippen LogP) is 3.74. The number of H-pyrrole nitrogens is 1. The van der Waals surface area contributed by atoms with Crippen molar-refractivity contribution in [2.75, 3.05) is 32.4 Å². The minimum atomic E-state index is -3.28. The third kappa shape index (κ3) is 8.17. The van der Waals surface area contributed by atoms with E-state index in [-0.39, 0.29) is 46.7 Å². The summed E-state index contributed by atoms with van der Waals surface area (Å²) in [6.07, 6.45) is 3.82. The quantitative estimate of drug-likeness (QED) is 0.300. The van der Waals surface area contributed by atoms with E-state index in [4.69, 9.17) is 0 Å². The van der Waals surface area contributed by atoms with E-state index in [2.05, 4.69) is 20.4 Å². The zero-order chi connectivity index (χ0) is 31.1. The average Bonchev–Trinajstić information content (AvgIpc) is 3.38. The van der Waals surface area contributed by atoms with E-state index in [0.717, 1.165) is 43.6 Å². The lowest BCUT2D eigenvalue weighted by Crippen LogP contribution is -2.48.